The fourth-order valence-corrected chi connectivity index (χ4v) is 2.21. The maximum atomic E-state index is 3.57. The van der Waals surface area contributed by atoms with Gasteiger partial charge in [-0.2, -0.15) is 0 Å². The van der Waals surface area contributed by atoms with Crippen LogP contribution in [0.15, 0.2) is 29.8 Å². The summed E-state index contributed by atoms with van der Waals surface area (Å²) in [7, 11) is 0. The van der Waals surface area contributed by atoms with Gasteiger partial charge in [0.1, 0.15) is 0 Å². The number of hydrogen-bond acceptors (Lipinski definition) is 1. The maximum absolute atomic E-state index is 3.57. The first kappa shape index (κ1) is 14.3. The molecule has 1 aliphatic carbocycles. The molecule has 0 amide bonds. The molecule has 1 heteroatoms. The Morgan fingerprint density at radius 1 is 1.32 bits per heavy atom. The van der Waals surface area contributed by atoms with E-state index in [2.05, 4.69) is 63.4 Å². The molecule has 1 fully saturated rings. The number of hydrogen-bond donors (Lipinski definition) is 1. The van der Waals surface area contributed by atoms with Gasteiger partial charge in [-0.1, -0.05) is 42.8 Å². The van der Waals surface area contributed by atoms with Gasteiger partial charge in [-0.3, -0.25) is 0 Å². The third-order valence-corrected chi connectivity index (χ3v) is 3.63. The lowest BCUT2D eigenvalue weighted by Crippen LogP contribution is -2.36. The highest BCUT2D eigenvalue weighted by molar-refractivity contribution is 5.54. The molecule has 1 aromatic rings. The minimum absolute atomic E-state index is 0.185. The summed E-state index contributed by atoms with van der Waals surface area (Å²) in [6.07, 6.45) is 6.21. The van der Waals surface area contributed by atoms with Gasteiger partial charge >= 0.3 is 0 Å². The molecule has 0 bridgehead atoms. The van der Waals surface area contributed by atoms with Crippen LogP contribution in [0.5, 0.6) is 0 Å². The van der Waals surface area contributed by atoms with Crippen LogP contribution in [0.25, 0.3) is 6.08 Å². The summed E-state index contributed by atoms with van der Waals surface area (Å²) >= 11 is 0. The van der Waals surface area contributed by atoms with Gasteiger partial charge in [-0.05, 0) is 57.1 Å². The Labute approximate surface area is 118 Å². The van der Waals surface area contributed by atoms with Gasteiger partial charge in [0.2, 0.25) is 0 Å². The Kier molecular flexibility index (Phi) is 4.46. The first-order chi connectivity index (χ1) is 8.98. The maximum Gasteiger partial charge on any atom is 0.0172 e. The number of rotatable bonds is 5. The number of nitrogens with one attached hydrogen (secondary N) is 1. The molecule has 0 spiro atoms. The van der Waals surface area contributed by atoms with Crippen molar-refractivity contribution in [1.29, 1.82) is 0 Å². The SMILES string of the molecule is CCC(=Cc1cccc(C2CC2)c1)CNC(C)(C)C. The normalized spacial score (nSPS) is 16.7. The fourth-order valence-electron chi connectivity index (χ4n) is 2.21. The Balaban J connectivity index is 2.06. The van der Waals surface area contributed by atoms with Crippen molar-refractivity contribution >= 4 is 6.08 Å². The van der Waals surface area contributed by atoms with Crippen LogP contribution >= 0.6 is 0 Å². The second kappa shape index (κ2) is 5.92. The van der Waals surface area contributed by atoms with Crippen LogP contribution in [0.4, 0.5) is 0 Å². The van der Waals surface area contributed by atoms with Crippen molar-refractivity contribution in [2.24, 2.45) is 0 Å². The van der Waals surface area contributed by atoms with Crippen LogP contribution in [0.3, 0.4) is 0 Å². The molecule has 19 heavy (non-hydrogen) atoms. The zero-order chi connectivity index (χ0) is 13.9. The van der Waals surface area contributed by atoms with Gasteiger partial charge in [0.25, 0.3) is 0 Å². The van der Waals surface area contributed by atoms with Crippen LogP contribution in [0.2, 0.25) is 0 Å². The molecule has 1 N–H and O–H groups in total. The summed E-state index contributed by atoms with van der Waals surface area (Å²) in [6, 6.07) is 9.06. The summed E-state index contributed by atoms with van der Waals surface area (Å²) in [5.41, 5.74) is 4.54. The van der Waals surface area contributed by atoms with Gasteiger partial charge in [0.15, 0.2) is 0 Å². The highest BCUT2D eigenvalue weighted by Gasteiger charge is 2.23. The molecule has 1 nitrogen and oxygen atoms in total. The Morgan fingerprint density at radius 3 is 2.63 bits per heavy atom. The molecule has 2 rings (SSSR count). The monoisotopic (exact) mass is 257 g/mol. The first-order valence-electron chi connectivity index (χ1n) is 7.52. The molecule has 0 aromatic heterocycles. The standard InChI is InChI=1S/C18H27N/c1-5-14(13-19-18(2,3)4)11-15-7-6-8-17(12-15)16-9-10-16/h6-8,11-12,16,19H,5,9-10,13H2,1-4H3. The molecule has 0 unspecified atom stereocenters. The second-order valence-corrected chi connectivity index (χ2v) is 6.70. The highest BCUT2D eigenvalue weighted by atomic mass is 14.9. The summed E-state index contributed by atoms with van der Waals surface area (Å²) in [5.74, 6) is 0.839. The Hall–Kier alpha value is -1.08. The van der Waals surface area contributed by atoms with Gasteiger partial charge in [-0.25, -0.2) is 0 Å². The van der Waals surface area contributed by atoms with Crippen LogP contribution < -0.4 is 5.32 Å². The molecule has 0 aliphatic heterocycles. The highest BCUT2D eigenvalue weighted by Crippen LogP contribution is 2.40. The van der Waals surface area contributed by atoms with Gasteiger partial charge in [0.05, 0.1) is 0 Å². The summed E-state index contributed by atoms with van der Waals surface area (Å²) in [5, 5.41) is 3.57. The fraction of sp³-hybridized carbons (Fsp3) is 0.556. The molecule has 0 radical (unpaired) electrons. The summed E-state index contributed by atoms with van der Waals surface area (Å²) in [6.45, 7) is 9.87. The number of benzene rings is 1. The summed E-state index contributed by atoms with van der Waals surface area (Å²) < 4.78 is 0. The minimum Gasteiger partial charge on any atom is -0.308 e. The zero-order valence-electron chi connectivity index (χ0n) is 12.8. The zero-order valence-corrected chi connectivity index (χ0v) is 12.8. The smallest absolute Gasteiger partial charge is 0.0172 e. The van der Waals surface area contributed by atoms with Gasteiger partial charge in [-0.15, -0.1) is 0 Å². The topological polar surface area (TPSA) is 12.0 Å². The van der Waals surface area contributed by atoms with Crippen molar-refractivity contribution in [2.45, 2.75) is 58.4 Å². The van der Waals surface area contributed by atoms with E-state index in [9.17, 15) is 0 Å². The molecule has 1 saturated carbocycles. The average molecular weight is 257 g/mol. The molecule has 1 aliphatic rings. The van der Waals surface area contributed by atoms with E-state index in [1.165, 1.54) is 29.5 Å². The van der Waals surface area contributed by atoms with E-state index in [1.54, 1.807) is 0 Å². The van der Waals surface area contributed by atoms with Crippen LogP contribution in [0.1, 0.15) is 64.0 Å². The first-order valence-corrected chi connectivity index (χ1v) is 7.52. The molecule has 0 saturated heterocycles. The Bertz CT molecular complexity index is 447. The van der Waals surface area contributed by atoms with E-state index in [-0.39, 0.29) is 5.54 Å². The van der Waals surface area contributed by atoms with Gasteiger partial charge < -0.3 is 5.32 Å². The Morgan fingerprint density at radius 2 is 2.05 bits per heavy atom. The van der Waals surface area contributed by atoms with Crippen molar-refractivity contribution in [2.75, 3.05) is 6.54 Å². The lowest BCUT2D eigenvalue weighted by atomic mass is 10.0. The van der Waals surface area contributed by atoms with E-state index in [0.29, 0.717) is 0 Å². The lowest BCUT2D eigenvalue weighted by molar-refractivity contribution is 0.443. The van der Waals surface area contributed by atoms with Crippen molar-refractivity contribution in [3.8, 4) is 0 Å². The molecular formula is C18H27N. The third kappa shape index (κ3) is 4.83. The van der Waals surface area contributed by atoms with E-state index in [0.717, 1.165) is 18.9 Å². The minimum atomic E-state index is 0.185. The van der Waals surface area contributed by atoms with Crippen LogP contribution in [0, 0.1) is 0 Å². The lowest BCUT2D eigenvalue weighted by Gasteiger charge is -2.21. The van der Waals surface area contributed by atoms with E-state index < -0.39 is 0 Å². The van der Waals surface area contributed by atoms with Gasteiger partial charge in [0, 0.05) is 12.1 Å². The van der Waals surface area contributed by atoms with Crippen molar-refractivity contribution in [1.82, 2.24) is 5.32 Å². The molecule has 0 heterocycles. The second-order valence-electron chi connectivity index (χ2n) is 6.70. The molecular weight excluding hydrogens is 230 g/mol. The van der Waals surface area contributed by atoms with Crippen LogP contribution in [-0.2, 0) is 0 Å². The third-order valence-electron chi connectivity index (χ3n) is 3.63. The largest absolute Gasteiger partial charge is 0.308 e. The van der Waals surface area contributed by atoms with E-state index in [4.69, 9.17) is 0 Å². The predicted molar refractivity (Wildman–Crippen MR) is 84.4 cm³/mol. The van der Waals surface area contributed by atoms with E-state index in [1.807, 2.05) is 0 Å². The quantitative estimate of drug-likeness (QED) is 0.803. The molecule has 104 valence electrons. The van der Waals surface area contributed by atoms with E-state index >= 15 is 0 Å². The van der Waals surface area contributed by atoms with Crippen molar-refractivity contribution in [3.63, 3.8) is 0 Å². The van der Waals surface area contributed by atoms with Crippen molar-refractivity contribution < 1.29 is 0 Å². The molecule has 1 aromatic carbocycles. The average Bonchev–Trinajstić information content (AvgIpc) is 3.18. The molecule has 0 atom stereocenters. The predicted octanol–water partition coefficient (Wildman–Crippen LogP) is 4.75. The van der Waals surface area contributed by atoms with Crippen LogP contribution in [-0.4, -0.2) is 12.1 Å². The summed E-state index contributed by atoms with van der Waals surface area (Å²) in [4.78, 5) is 0. The van der Waals surface area contributed by atoms with Crippen molar-refractivity contribution in [3.05, 3.63) is 41.0 Å².